The number of nitrogens with zero attached hydrogens (tertiary/aromatic N) is 1. The molecule has 1 aromatic carbocycles. The van der Waals surface area contributed by atoms with Crippen molar-refractivity contribution in [2.75, 3.05) is 13.1 Å². The Balaban J connectivity index is 1.41. The highest BCUT2D eigenvalue weighted by molar-refractivity contribution is 5.14. The van der Waals surface area contributed by atoms with E-state index < -0.39 is 0 Å². The fraction of sp³-hybridized carbons (Fsp3) is 0.667. The topological polar surface area (TPSA) is 3.24 Å². The van der Waals surface area contributed by atoms with Gasteiger partial charge in [-0.25, -0.2) is 0 Å². The maximum atomic E-state index is 2.64. The van der Waals surface area contributed by atoms with Crippen LogP contribution in [0.3, 0.4) is 0 Å². The van der Waals surface area contributed by atoms with E-state index in [9.17, 15) is 0 Å². The van der Waals surface area contributed by atoms with Gasteiger partial charge in [-0.15, -0.1) is 0 Å². The molecule has 3 rings (SSSR count). The first kappa shape index (κ1) is 13.2. The number of likely N-dealkylation sites (tertiary alicyclic amines) is 1. The summed E-state index contributed by atoms with van der Waals surface area (Å²) in [6, 6.07) is 10.9. The van der Waals surface area contributed by atoms with Crippen LogP contribution < -0.4 is 0 Å². The highest BCUT2D eigenvalue weighted by atomic mass is 15.1. The zero-order valence-electron chi connectivity index (χ0n) is 12.1. The molecule has 1 saturated heterocycles. The van der Waals surface area contributed by atoms with Crippen LogP contribution in [0.5, 0.6) is 0 Å². The Morgan fingerprint density at radius 3 is 2.16 bits per heavy atom. The lowest BCUT2D eigenvalue weighted by Gasteiger charge is -2.33. The highest BCUT2D eigenvalue weighted by Gasteiger charge is 2.24. The van der Waals surface area contributed by atoms with Crippen molar-refractivity contribution in [2.45, 2.75) is 51.5 Å². The molecule has 0 amide bonds. The Labute approximate surface area is 118 Å². The molecule has 2 aliphatic rings. The smallest absolute Gasteiger partial charge is 0.0233 e. The number of hydrogen-bond acceptors (Lipinski definition) is 1. The highest BCUT2D eigenvalue weighted by Crippen LogP contribution is 2.34. The van der Waals surface area contributed by atoms with Crippen LogP contribution in [0.1, 0.15) is 50.5 Å². The summed E-state index contributed by atoms with van der Waals surface area (Å²) in [5, 5.41) is 0. The Hall–Kier alpha value is -0.820. The normalized spacial score (nSPS) is 22.9. The molecular weight excluding hydrogens is 230 g/mol. The van der Waals surface area contributed by atoms with Crippen molar-refractivity contribution in [2.24, 2.45) is 11.8 Å². The fourth-order valence-electron chi connectivity index (χ4n) is 3.94. The molecule has 1 heterocycles. The predicted molar refractivity (Wildman–Crippen MR) is 81.0 cm³/mol. The molecule has 0 radical (unpaired) electrons. The minimum Gasteiger partial charge on any atom is -0.299 e. The van der Waals surface area contributed by atoms with Gasteiger partial charge in [-0.05, 0) is 49.8 Å². The van der Waals surface area contributed by atoms with Crippen LogP contribution in [0.15, 0.2) is 30.3 Å². The maximum Gasteiger partial charge on any atom is 0.0233 e. The monoisotopic (exact) mass is 257 g/mol. The van der Waals surface area contributed by atoms with E-state index in [1.807, 2.05) is 0 Å². The van der Waals surface area contributed by atoms with E-state index in [0.717, 1.165) is 18.4 Å². The summed E-state index contributed by atoms with van der Waals surface area (Å²) in [6.07, 6.45) is 10.4. The van der Waals surface area contributed by atoms with E-state index in [0.29, 0.717) is 0 Å². The van der Waals surface area contributed by atoms with Crippen LogP contribution in [0.25, 0.3) is 0 Å². The summed E-state index contributed by atoms with van der Waals surface area (Å²) in [6.45, 7) is 3.77. The molecule has 19 heavy (non-hydrogen) atoms. The Morgan fingerprint density at radius 1 is 0.842 bits per heavy atom. The Bertz CT molecular complexity index is 359. The second-order valence-electron chi connectivity index (χ2n) is 6.59. The number of rotatable bonds is 4. The van der Waals surface area contributed by atoms with Gasteiger partial charge in [0.15, 0.2) is 0 Å². The quantitative estimate of drug-likeness (QED) is 0.768. The SMILES string of the molecule is c1ccc(CN2CCC(CC3CCCC3)CC2)cc1. The molecule has 1 aliphatic carbocycles. The largest absolute Gasteiger partial charge is 0.299 e. The molecule has 1 saturated carbocycles. The van der Waals surface area contributed by atoms with Crippen molar-refractivity contribution in [1.29, 1.82) is 0 Å². The lowest BCUT2D eigenvalue weighted by atomic mass is 9.86. The molecular formula is C18H27N. The third-order valence-corrected chi connectivity index (χ3v) is 5.10. The molecule has 0 N–H and O–H groups in total. The van der Waals surface area contributed by atoms with Gasteiger partial charge in [0.1, 0.15) is 0 Å². The zero-order chi connectivity index (χ0) is 12.9. The average Bonchev–Trinajstić information content (AvgIpc) is 2.95. The van der Waals surface area contributed by atoms with Gasteiger partial charge >= 0.3 is 0 Å². The predicted octanol–water partition coefficient (Wildman–Crippen LogP) is 4.48. The molecule has 1 nitrogen and oxygen atoms in total. The molecule has 0 aromatic heterocycles. The molecule has 0 bridgehead atoms. The van der Waals surface area contributed by atoms with Gasteiger partial charge in [0.05, 0.1) is 0 Å². The molecule has 1 aromatic rings. The van der Waals surface area contributed by atoms with E-state index in [4.69, 9.17) is 0 Å². The maximum absolute atomic E-state index is 2.64. The third kappa shape index (κ3) is 3.82. The summed E-state index contributed by atoms with van der Waals surface area (Å²) in [5.41, 5.74) is 1.47. The van der Waals surface area contributed by atoms with Crippen molar-refractivity contribution >= 4 is 0 Å². The minimum absolute atomic E-state index is 1.02. The van der Waals surface area contributed by atoms with E-state index >= 15 is 0 Å². The summed E-state index contributed by atoms with van der Waals surface area (Å²) >= 11 is 0. The lowest BCUT2D eigenvalue weighted by Crippen LogP contribution is -2.33. The van der Waals surface area contributed by atoms with Crippen molar-refractivity contribution in [1.82, 2.24) is 4.90 Å². The van der Waals surface area contributed by atoms with E-state index in [1.165, 1.54) is 63.6 Å². The molecule has 1 heteroatoms. The van der Waals surface area contributed by atoms with Crippen molar-refractivity contribution < 1.29 is 0 Å². The van der Waals surface area contributed by atoms with Crippen LogP contribution in [0, 0.1) is 11.8 Å². The van der Waals surface area contributed by atoms with Gasteiger partial charge < -0.3 is 0 Å². The van der Waals surface area contributed by atoms with Gasteiger partial charge in [-0.2, -0.15) is 0 Å². The molecule has 0 unspecified atom stereocenters. The first-order valence-corrected chi connectivity index (χ1v) is 8.16. The number of piperidine rings is 1. The van der Waals surface area contributed by atoms with Crippen LogP contribution in [0.4, 0.5) is 0 Å². The summed E-state index contributed by atoms with van der Waals surface area (Å²) < 4.78 is 0. The molecule has 1 aliphatic heterocycles. The number of hydrogen-bond donors (Lipinski definition) is 0. The molecule has 0 spiro atoms. The Morgan fingerprint density at radius 2 is 1.47 bits per heavy atom. The lowest BCUT2D eigenvalue weighted by molar-refractivity contribution is 0.161. The molecule has 104 valence electrons. The van der Waals surface area contributed by atoms with Crippen LogP contribution in [-0.2, 0) is 6.54 Å². The zero-order valence-corrected chi connectivity index (χ0v) is 12.1. The first-order valence-electron chi connectivity index (χ1n) is 8.16. The first-order chi connectivity index (χ1) is 9.40. The second kappa shape index (κ2) is 6.56. The second-order valence-corrected chi connectivity index (χ2v) is 6.59. The van der Waals surface area contributed by atoms with E-state index in [1.54, 1.807) is 0 Å². The van der Waals surface area contributed by atoms with E-state index in [-0.39, 0.29) is 0 Å². The standard InChI is InChI=1S/C18H27N/c1-2-8-18(9-3-1)15-19-12-10-17(11-13-19)14-16-6-4-5-7-16/h1-3,8-9,16-17H,4-7,10-15H2. The van der Waals surface area contributed by atoms with Gasteiger partial charge in [-0.3, -0.25) is 4.90 Å². The summed E-state index contributed by atoms with van der Waals surface area (Å²) in [5.74, 6) is 2.10. The van der Waals surface area contributed by atoms with Gasteiger partial charge in [0.2, 0.25) is 0 Å². The summed E-state index contributed by atoms with van der Waals surface area (Å²) in [7, 11) is 0. The van der Waals surface area contributed by atoms with Crippen LogP contribution in [-0.4, -0.2) is 18.0 Å². The number of benzene rings is 1. The van der Waals surface area contributed by atoms with Crippen LogP contribution >= 0.6 is 0 Å². The van der Waals surface area contributed by atoms with Crippen LogP contribution in [0.2, 0.25) is 0 Å². The summed E-state index contributed by atoms with van der Waals surface area (Å²) in [4.78, 5) is 2.64. The minimum atomic E-state index is 1.02. The third-order valence-electron chi connectivity index (χ3n) is 5.10. The van der Waals surface area contributed by atoms with Crippen molar-refractivity contribution in [3.8, 4) is 0 Å². The van der Waals surface area contributed by atoms with Gasteiger partial charge in [0.25, 0.3) is 0 Å². The Kier molecular flexibility index (Phi) is 4.55. The van der Waals surface area contributed by atoms with Crippen molar-refractivity contribution in [3.63, 3.8) is 0 Å². The van der Waals surface area contributed by atoms with Gasteiger partial charge in [0, 0.05) is 6.54 Å². The van der Waals surface area contributed by atoms with Crippen molar-refractivity contribution in [3.05, 3.63) is 35.9 Å². The average molecular weight is 257 g/mol. The van der Waals surface area contributed by atoms with E-state index in [2.05, 4.69) is 35.2 Å². The molecule has 0 atom stereocenters. The molecule has 2 fully saturated rings. The fourth-order valence-corrected chi connectivity index (χ4v) is 3.94. The van der Waals surface area contributed by atoms with Gasteiger partial charge in [-0.1, -0.05) is 56.0 Å².